The van der Waals surface area contributed by atoms with Gasteiger partial charge in [0.25, 0.3) is 5.69 Å². The summed E-state index contributed by atoms with van der Waals surface area (Å²) in [4.78, 5) is 9.98. The predicted molar refractivity (Wildman–Crippen MR) is 64.7 cm³/mol. The third-order valence-electron chi connectivity index (χ3n) is 1.51. The zero-order valence-corrected chi connectivity index (χ0v) is 9.38. The second-order valence-electron chi connectivity index (χ2n) is 2.39. The molecule has 1 rings (SSSR count). The molecule has 0 bridgehead atoms. The van der Waals surface area contributed by atoms with Crippen molar-refractivity contribution >= 4 is 28.6 Å². The Kier molecular flexibility index (Phi) is 5.25. The second-order valence-corrected chi connectivity index (χ2v) is 2.83. The maximum Gasteiger partial charge on any atom is 0.292 e. The van der Waals surface area contributed by atoms with Crippen LogP contribution in [0.3, 0.4) is 0 Å². The SMILES string of the molecule is CC.NC(=S)c1ccc(N)c([N+](=O)[O-])c1. The molecular formula is C9H13N3O2S. The van der Waals surface area contributed by atoms with E-state index in [1.165, 1.54) is 12.1 Å². The van der Waals surface area contributed by atoms with Crippen LogP contribution >= 0.6 is 12.2 Å². The Morgan fingerprint density at radius 3 is 2.40 bits per heavy atom. The van der Waals surface area contributed by atoms with Crippen molar-refractivity contribution in [2.75, 3.05) is 5.73 Å². The summed E-state index contributed by atoms with van der Waals surface area (Å²) in [5.41, 5.74) is 11.0. The van der Waals surface area contributed by atoms with E-state index in [0.717, 1.165) is 0 Å². The van der Waals surface area contributed by atoms with Gasteiger partial charge in [-0.15, -0.1) is 0 Å². The summed E-state index contributed by atoms with van der Waals surface area (Å²) in [5, 5.41) is 10.4. The minimum Gasteiger partial charge on any atom is -0.393 e. The van der Waals surface area contributed by atoms with Gasteiger partial charge in [0.15, 0.2) is 0 Å². The van der Waals surface area contributed by atoms with Gasteiger partial charge in [0, 0.05) is 11.6 Å². The van der Waals surface area contributed by atoms with Gasteiger partial charge in [-0.3, -0.25) is 10.1 Å². The van der Waals surface area contributed by atoms with E-state index in [4.69, 9.17) is 11.5 Å². The zero-order chi connectivity index (χ0) is 12.0. The van der Waals surface area contributed by atoms with E-state index < -0.39 is 4.92 Å². The summed E-state index contributed by atoms with van der Waals surface area (Å²) in [7, 11) is 0. The molecule has 1 aromatic carbocycles. The van der Waals surface area contributed by atoms with Crippen LogP contribution in [-0.4, -0.2) is 9.91 Å². The molecule has 0 unspecified atom stereocenters. The highest BCUT2D eigenvalue weighted by molar-refractivity contribution is 7.80. The Bertz CT molecular complexity index is 380. The second kappa shape index (κ2) is 5.92. The third kappa shape index (κ3) is 3.51. The lowest BCUT2D eigenvalue weighted by molar-refractivity contribution is -0.383. The number of rotatable bonds is 2. The Balaban J connectivity index is 0.000000921. The molecule has 0 spiro atoms. The molecule has 0 saturated heterocycles. The van der Waals surface area contributed by atoms with Crippen molar-refractivity contribution in [1.82, 2.24) is 0 Å². The molecular weight excluding hydrogens is 214 g/mol. The van der Waals surface area contributed by atoms with Gasteiger partial charge in [-0.2, -0.15) is 0 Å². The van der Waals surface area contributed by atoms with Crippen LogP contribution in [0.2, 0.25) is 0 Å². The van der Waals surface area contributed by atoms with Gasteiger partial charge in [-0.25, -0.2) is 0 Å². The van der Waals surface area contributed by atoms with Crippen molar-refractivity contribution in [3.8, 4) is 0 Å². The molecule has 0 aliphatic carbocycles. The van der Waals surface area contributed by atoms with E-state index in [2.05, 4.69) is 12.2 Å². The molecule has 0 aliphatic heterocycles. The number of hydrogen-bond acceptors (Lipinski definition) is 4. The molecule has 0 atom stereocenters. The first-order valence-electron chi connectivity index (χ1n) is 4.36. The number of nitrogens with zero attached hydrogens (tertiary/aromatic N) is 1. The maximum atomic E-state index is 10.4. The normalized spacial score (nSPS) is 8.67. The highest BCUT2D eigenvalue weighted by atomic mass is 32.1. The standard InChI is InChI=1S/C7H7N3O2S.C2H6/c8-5-2-1-4(7(9)13)3-6(5)10(11)12;1-2/h1-3H,8H2,(H2,9,13);1-2H3. The van der Waals surface area contributed by atoms with Gasteiger partial charge in [-0.1, -0.05) is 26.1 Å². The fraction of sp³-hybridized carbons (Fsp3) is 0.222. The number of benzene rings is 1. The lowest BCUT2D eigenvalue weighted by Crippen LogP contribution is -2.10. The molecule has 15 heavy (non-hydrogen) atoms. The minimum absolute atomic E-state index is 0.102. The maximum absolute atomic E-state index is 10.4. The van der Waals surface area contributed by atoms with E-state index in [1.54, 1.807) is 6.07 Å². The number of thiocarbonyl (C=S) groups is 1. The van der Waals surface area contributed by atoms with Gasteiger partial charge in [0.2, 0.25) is 0 Å². The lowest BCUT2D eigenvalue weighted by Gasteiger charge is -2.00. The van der Waals surface area contributed by atoms with Crippen molar-refractivity contribution in [3.63, 3.8) is 0 Å². The third-order valence-corrected chi connectivity index (χ3v) is 1.75. The van der Waals surface area contributed by atoms with Crippen molar-refractivity contribution < 1.29 is 4.92 Å². The summed E-state index contributed by atoms with van der Waals surface area (Å²) >= 11 is 4.67. The van der Waals surface area contributed by atoms with Crippen molar-refractivity contribution in [3.05, 3.63) is 33.9 Å². The first-order valence-corrected chi connectivity index (χ1v) is 4.77. The summed E-state index contributed by atoms with van der Waals surface area (Å²) in [5.74, 6) is 0. The first kappa shape index (κ1) is 13.3. The molecule has 4 N–H and O–H groups in total. The summed E-state index contributed by atoms with van der Waals surface area (Å²) < 4.78 is 0. The van der Waals surface area contributed by atoms with E-state index in [9.17, 15) is 10.1 Å². The Morgan fingerprint density at radius 1 is 1.47 bits per heavy atom. The molecule has 0 aromatic heterocycles. The van der Waals surface area contributed by atoms with Crippen LogP contribution in [0.25, 0.3) is 0 Å². The topological polar surface area (TPSA) is 95.2 Å². The molecule has 0 amide bonds. The van der Waals surface area contributed by atoms with Gasteiger partial charge < -0.3 is 11.5 Å². The predicted octanol–water partition coefficient (Wildman–Crippen LogP) is 1.84. The lowest BCUT2D eigenvalue weighted by atomic mass is 10.2. The van der Waals surface area contributed by atoms with E-state index in [0.29, 0.717) is 5.56 Å². The first-order chi connectivity index (χ1) is 7.02. The smallest absolute Gasteiger partial charge is 0.292 e. The van der Waals surface area contributed by atoms with E-state index in [-0.39, 0.29) is 16.4 Å². The van der Waals surface area contributed by atoms with Crippen molar-refractivity contribution in [2.45, 2.75) is 13.8 Å². The highest BCUT2D eigenvalue weighted by Gasteiger charge is 2.12. The van der Waals surface area contributed by atoms with Crippen LogP contribution in [0.5, 0.6) is 0 Å². The zero-order valence-electron chi connectivity index (χ0n) is 8.56. The van der Waals surface area contributed by atoms with Crippen LogP contribution in [0.4, 0.5) is 11.4 Å². The Labute approximate surface area is 93.2 Å². The molecule has 0 radical (unpaired) electrons. The van der Waals surface area contributed by atoms with Crippen LogP contribution in [0.1, 0.15) is 19.4 Å². The van der Waals surface area contributed by atoms with E-state index in [1.807, 2.05) is 13.8 Å². The van der Waals surface area contributed by atoms with Crippen LogP contribution in [0, 0.1) is 10.1 Å². The highest BCUT2D eigenvalue weighted by Crippen LogP contribution is 2.21. The van der Waals surface area contributed by atoms with Gasteiger partial charge in [-0.05, 0) is 12.1 Å². The van der Waals surface area contributed by atoms with E-state index >= 15 is 0 Å². The molecule has 0 saturated carbocycles. The van der Waals surface area contributed by atoms with Crippen molar-refractivity contribution in [1.29, 1.82) is 0 Å². The number of hydrogen-bond donors (Lipinski definition) is 2. The van der Waals surface area contributed by atoms with Crippen LogP contribution in [0.15, 0.2) is 18.2 Å². The molecule has 82 valence electrons. The number of anilines is 1. The Morgan fingerprint density at radius 2 is 2.00 bits per heavy atom. The number of nitro benzene ring substituents is 1. The summed E-state index contributed by atoms with van der Waals surface area (Å²) in [6.07, 6.45) is 0. The molecule has 0 fully saturated rings. The van der Waals surface area contributed by atoms with Gasteiger partial charge >= 0.3 is 0 Å². The largest absolute Gasteiger partial charge is 0.393 e. The van der Waals surface area contributed by atoms with Crippen LogP contribution < -0.4 is 11.5 Å². The molecule has 6 heteroatoms. The average Bonchev–Trinajstić information content (AvgIpc) is 2.20. The van der Waals surface area contributed by atoms with Crippen molar-refractivity contribution in [2.24, 2.45) is 5.73 Å². The minimum atomic E-state index is -0.572. The summed E-state index contributed by atoms with van der Waals surface area (Å²) in [6.45, 7) is 4.00. The molecule has 1 aromatic rings. The quantitative estimate of drug-likeness (QED) is 0.348. The summed E-state index contributed by atoms with van der Waals surface area (Å²) in [6, 6.07) is 4.22. The fourth-order valence-corrected chi connectivity index (χ4v) is 0.982. The Hall–Kier alpha value is -1.69. The fourth-order valence-electron chi connectivity index (χ4n) is 0.855. The number of nitrogens with two attached hydrogens (primary N) is 2. The number of nitrogen functional groups attached to an aromatic ring is 1. The molecule has 5 nitrogen and oxygen atoms in total. The van der Waals surface area contributed by atoms with Gasteiger partial charge in [0.1, 0.15) is 10.7 Å². The molecule has 0 heterocycles. The number of nitro groups is 1. The average molecular weight is 227 g/mol. The molecule has 0 aliphatic rings. The van der Waals surface area contributed by atoms with Crippen LogP contribution in [-0.2, 0) is 0 Å². The monoisotopic (exact) mass is 227 g/mol. The van der Waals surface area contributed by atoms with Gasteiger partial charge in [0.05, 0.1) is 4.92 Å².